The number of hydrogen-bond donors (Lipinski definition) is 0. The largest absolute Gasteiger partial charge is 0.497 e. The van der Waals surface area contributed by atoms with Crippen LogP contribution in [0.5, 0.6) is 5.75 Å². The van der Waals surface area contributed by atoms with Crippen LogP contribution in [-0.2, 0) is 11.2 Å². The fourth-order valence-corrected chi connectivity index (χ4v) is 4.42. The van der Waals surface area contributed by atoms with Crippen molar-refractivity contribution >= 4 is 21.8 Å². The van der Waals surface area contributed by atoms with Crippen LogP contribution < -0.4 is 4.74 Å². The Kier molecular flexibility index (Phi) is 7.05. The zero-order valence-electron chi connectivity index (χ0n) is 17.7. The Morgan fingerprint density at radius 2 is 1.48 bits per heavy atom. The zero-order chi connectivity index (χ0) is 21.6. The highest BCUT2D eigenvalue weighted by molar-refractivity contribution is 9.10. The highest BCUT2D eigenvalue weighted by Crippen LogP contribution is 2.30. The number of methoxy groups -OCH3 is 1. The fourth-order valence-electron chi connectivity index (χ4n) is 4.15. The summed E-state index contributed by atoms with van der Waals surface area (Å²) in [4.78, 5) is 17.3. The Bertz CT molecular complexity index is 982. The molecule has 0 radical (unpaired) electrons. The summed E-state index contributed by atoms with van der Waals surface area (Å²) in [6.07, 6.45) is 0.429. The van der Waals surface area contributed by atoms with Crippen molar-refractivity contribution in [3.63, 3.8) is 0 Å². The van der Waals surface area contributed by atoms with E-state index in [2.05, 4.69) is 75.4 Å². The Balaban J connectivity index is 1.43. The van der Waals surface area contributed by atoms with Crippen molar-refractivity contribution in [3.05, 3.63) is 100 Å². The molecule has 160 valence electrons. The number of rotatable bonds is 6. The van der Waals surface area contributed by atoms with E-state index in [9.17, 15) is 4.79 Å². The first-order chi connectivity index (χ1) is 15.1. The molecule has 3 aromatic rings. The summed E-state index contributed by atoms with van der Waals surface area (Å²) in [6, 6.07) is 27.1. The van der Waals surface area contributed by atoms with Gasteiger partial charge in [-0.25, -0.2) is 0 Å². The molecule has 4 rings (SSSR count). The number of piperazine rings is 1. The van der Waals surface area contributed by atoms with E-state index in [1.807, 2.05) is 29.2 Å². The molecule has 1 aliphatic rings. The van der Waals surface area contributed by atoms with Crippen LogP contribution in [0.4, 0.5) is 0 Å². The number of carbonyl (C=O) groups excluding carboxylic acids is 1. The van der Waals surface area contributed by atoms with Crippen LogP contribution in [0.1, 0.15) is 22.7 Å². The Morgan fingerprint density at radius 1 is 0.871 bits per heavy atom. The molecule has 1 aliphatic heterocycles. The minimum atomic E-state index is 0.185. The lowest BCUT2D eigenvalue weighted by Crippen LogP contribution is -2.50. The van der Waals surface area contributed by atoms with Gasteiger partial charge >= 0.3 is 0 Å². The summed E-state index contributed by atoms with van der Waals surface area (Å²) in [5.41, 5.74) is 3.57. The molecule has 1 atom stereocenters. The molecule has 0 bridgehead atoms. The van der Waals surface area contributed by atoms with E-state index in [0.29, 0.717) is 6.42 Å². The van der Waals surface area contributed by atoms with E-state index in [1.165, 1.54) is 11.1 Å². The molecule has 3 aromatic carbocycles. The van der Waals surface area contributed by atoms with Gasteiger partial charge in [0.05, 0.1) is 19.6 Å². The molecule has 5 heteroatoms. The maximum Gasteiger partial charge on any atom is 0.227 e. The van der Waals surface area contributed by atoms with E-state index in [4.69, 9.17) is 4.74 Å². The number of hydrogen-bond acceptors (Lipinski definition) is 3. The second kappa shape index (κ2) is 10.1. The van der Waals surface area contributed by atoms with Gasteiger partial charge in [-0.3, -0.25) is 9.69 Å². The van der Waals surface area contributed by atoms with Gasteiger partial charge in [-0.1, -0.05) is 70.5 Å². The van der Waals surface area contributed by atoms with E-state index < -0.39 is 0 Å². The second-order valence-electron chi connectivity index (χ2n) is 7.81. The van der Waals surface area contributed by atoms with Crippen molar-refractivity contribution in [1.82, 2.24) is 9.80 Å². The first-order valence-electron chi connectivity index (χ1n) is 10.6. The van der Waals surface area contributed by atoms with Gasteiger partial charge in [0.1, 0.15) is 5.75 Å². The lowest BCUT2D eigenvalue weighted by Gasteiger charge is -2.40. The lowest BCUT2D eigenvalue weighted by atomic mass is 9.96. The number of ether oxygens (including phenoxy) is 1. The van der Waals surface area contributed by atoms with Crippen LogP contribution in [0.2, 0.25) is 0 Å². The first kappa shape index (κ1) is 21.6. The Labute approximate surface area is 192 Å². The molecule has 0 aromatic heterocycles. The monoisotopic (exact) mass is 478 g/mol. The standard InChI is InChI=1S/C26H27BrN2O2/c1-31-24-13-7-20(8-14-24)19-25(30)28-15-17-29(18-16-28)26(21-5-3-2-4-6-21)22-9-11-23(27)12-10-22/h2-14,26H,15-19H2,1H3/t26-/m1/s1. The van der Waals surface area contributed by atoms with Crippen LogP contribution >= 0.6 is 15.9 Å². The smallest absolute Gasteiger partial charge is 0.227 e. The number of halogens is 1. The third-order valence-electron chi connectivity index (χ3n) is 5.85. The minimum Gasteiger partial charge on any atom is -0.497 e. The predicted molar refractivity (Wildman–Crippen MR) is 127 cm³/mol. The summed E-state index contributed by atoms with van der Waals surface area (Å²) in [5, 5.41) is 0. The second-order valence-corrected chi connectivity index (χ2v) is 8.72. The van der Waals surface area contributed by atoms with E-state index in [0.717, 1.165) is 42.0 Å². The molecule has 1 heterocycles. The molecule has 0 aliphatic carbocycles. The van der Waals surface area contributed by atoms with E-state index in [-0.39, 0.29) is 11.9 Å². The number of benzene rings is 3. The SMILES string of the molecule is COc1ccc(CC(=O)N2CCN([C@H](c3ccccc3)c3ccc(Br)cc3)CC2)cc1. The molecule has 0 saturated carbocycles. The van der Waals surface area contributed by atoms with Crippen LogP contribution in [0.25, 0.3) is 0 Å². The quantitative estimate of drug-likeness (QED) is 0.503. The van der Waals surface area contributed by atoms with Gasteiger partial charge in [-0.05, 0) is 41.0 Å². The molecular formula is C26H27BrN2O2. The van der Waals surface area contributed by atoms with E-state index >= 15 is 0 Å². The van der Waals surface area contributed by atoms with Gasteiger partial charge in [0.15, 0.2) is 0 Å². The van der Waals surface area contributed by atoms with Gasteiger partial charge in [0.2, 0.25) is 5.91 Å². The maximum atomic E-state index is 12.8. The van der Waals surface area contributed by atoms with Gasteiger partial charge in [0, 0.05) is 30.7 Å². The molecule has 0 N–H and O–H groups in total. The average molecular weight is 479 g/mol. The third kappa shape index (κ3) is 5.35. The Morgan fingerprint density at radius 3 is 2.10 bits per heavy atom. The molecule has 0 unspecified atom stereocenters. The molecule has 1 fully saturated rings. The first-order valence-corrected chi connectivity index (χ1v) is 11.4. The zero-order valence-corrected chi connectivity index (χ0v) is 19.3. The topological polar surface area (TPSA) is 32.8 Å². The number of carbonyl (C=O) groups is 1. The summed E-state index contributed by atoms with van der Waals surface area (Å²) in [7, 11) is 1.65. The lowest BCUT2D eigenvalue weighted by molar-refractivity contribution is -0.132. The maximum absolute atomic E-state index is 12.8. The van der Waals surface area contributed by atoms with Crippen LogP contribution in [0.3, 0.4) is 0 Å². The number of amides is 1. The molecular weight excluding hydrogens is 452 g/mol. The fraction of sp³-hybridized carbons (Fsp3) is 0.269. The third-order valence-corrected chi connectivity index (χ3v) is 6.38. The van der Waals surface area contributed by atoms with Gasteiger partial charge in [0.25, 0.3) is 0 Å². The summed E-state index contributed by atoms with van der Waals surface area (Å²) in [5.74, 6) is 0.995. The minimum absolute atomic E-state index is 0.185. The molecule has 1 saturated heterocycles. The van der Waals surface area contributed by atoms with Gasteiger partial charge in [-0.2, -0.15) is 0 Å². The highest BCUT2D eigenvalue weighted by atomic mass is 79.9. The summed E-state index contributed by atoms with van der Waals surface area (Å²) < 4.78 is 6.28. The molecule has 1 amide bonds. The normalized spacial score (nSPS) is 15.5. The highest BCUT2D eigenvalue weighted by Gasteiger charge is 2.28. The van der Waals surface area contributed by atoms with Crippen LogP contribution in [0, 0.1) is 0 Å². The average Bonchev–Trinajstić information content (AvgIpc) is 2.82. The van der Waals surface area contributed by atoms with Gasteiger partial charge in [-0.15, -0.1) is 0 Å². The van der Waals surface area contributed by atoms with Gasteiger partial charge < -0.3 is 9.64 Å². The van der Waals surface area contributed by atoms with Crippen molar-refractivity contribution in [2.24, 2.45) is 0 Å². The van der Waals surface area contributed by atoms with Crippen molar-refractivity contribution in [1.29, 1.82) is 0 Å². The number of nitrogens with zero attached hydrogens (tertiary/aromatic N) is 2. The molecule has 0 spiro atoms. The van der Waals surface area contributed by atoms with E-state index in [1.54, 1.807) is 7.11 Å². The molecule has 31 heavy (non-hydrogen) atoms. The predicted octanol–water partition coefficient (Wildman–Crippen LogP) is 4.93. The van der Waals surface area contributed by atoms with Crippen molar-refractivity contribution in [3.8, 4) is 5.75 Å². The van der Waals surface area contributed by atoms with Crippen molar-refractivity contribution < 1.29 is 9.53 Å². The summed E-state index contributed by atoms with van der Waals surface area (Å²) >= 11 is 3.54. The summed E-state index contributed by atoms with van der Waals surface area (Å²) in [6.45, 7) is 3.19. The molecule has 4 nitrogen and oxygen atoms in total. The van der Waals surface area contributed by atoms with Crippen molar-refractivity contribution in [2.75, 3.05) is 33.3 Å². The van der Waals surface area contributed by atoms with Crippen LogP contribution in [0.15, 0.2) is 83.3 Å². The Hall–Kier alpha value is -2.63. The van der Waals surface area contributed by atoms with Crippen LogP contribution in [-0.4, -0.2) is 49.0 Å². The van der Waals surface area contributed by atoms with Crippen molar-refractivity contribution in [2.45, 2.75) is 12.5 Å².